The number of alkyl halides is 5. The first kappa shape index (κ1) is 17.1. The van der Waals surface area contributed by atoms with Gasteiger partial charge in [0.05, 0.1) is 11.4 Å². The second-order valence-corrected chi connectivity index (χ2v) is 5.85. The molecule has 0 aliphatic heterocycles. The fourth-order valence-corrected chi connectivity index (χ4v) is 2.96. The van der Waals surface area contributed by atoms with Gasteiger partial charge in [-0.2, -0.15) is 9.78 Å². The van der Waals surface area contributed by atoms with Crippen molar-refractivity contribution >= 4 is 11.6 Å². The van der Waals surface area contributed by atoms with Crippen molar-refractivity contribution in [2.24, 2.45) is 0 Å². The van der Waals surface area contributed by atoms with Crippen LogP contribution in [0.1, 0.15) is 23.8 Å². The van der Waals surface area contributed by atoms with E-state index >= 15 is 0 Å². The number of aliphatic hydroxyl groups is 1. The van der Waals surface area contributed by atoms with Gasteiger partial charge in [-0.15, -0.1) is 13.2 Å². The lowest BCUT2D eigenvalue weighted by molar-refractivity contribution is -0.220. The maximum absolute atomic E-state index is 13.6. The number of hydrogen-bond acceptors (Lipinski definition) is 2. The number of halogens is 7. The molecule has 0 bridgehead atoms. The Morgan fingerprint density at radius 2 is 1.92 bits per heavy atom. The summed E-state index contributed by atoms with van der Waals surface area (Å²) in [7, 11) is 0. The Balaban J connectivity index is 2.27. The molecule has 1 aliphatic rings. The molecule has 130 valence electrons. The minimum Gasteiger partial charge on any atom is -0.380 e. The molecule has 1 atom stereocenters. The Hall–Kier alpha value is -1.74. The van der Waals surface area contributed by atoms with Gasteiger partial charge in [-0.25, -0.2) is 13.2 Å². The fraction of sp³-hybridized carbons (Fsp3) is 0.357. The summed E-state index contributed by atoms with van der Waals surface area (Å²) in [5, 5.41) is 12.9. The van der Waals surface area contributed by atoms with E-state index in [1.54, 1.807) is 0 Å². The summed E-state index contributed by atoms with van der Waals surface area (Å²) in [6.07, 6.45) is -9.07. The van der Waals surface area contributed by atoms with Crippen molar-refractivity contribution in [3.63, 3.8) is 0 Å². The molecule has 1 aliphatic carbocycles. The summed E-state index contributed by atoms with van der Waals surface area (Å²) in [6.45, 7) is 0. The lowest BCUT2D eigenvalue weighted by atomic mass is 9.89. The standard InChI is InChI=1S/C14H9ClF6N2O/c15-7-3-6(4-8(16)5-7)10-9-1-2-13(17,18)12(24)11(9)23(22-10)14(19,20)21/h3-5,12,24H,1-2H2. The molecular formula is C14H9ClF6N2O. The number of fused-ring (bicyclic) bond motifs is 1. The van der Waals surface area contributed by atoms with Crippen LogP contribution in [0.3, 0.4) is 0 Å². The Labute approximate surface area is 136 Å². The van der Waals surface area contributed by atoms with Gasteiger partial charge in [0.15, 0.2) is 6.10 Å². The molecular weight excluding hydrogens is 362 g/mol. The lowest BCUT2D eigenvalue weighted by Crippen LogP contribution is -2.35. The van der Waals surface area contributed by atoms with Crippen LogP contribution in [-0.2, 0) is 12.7 Å². The van der Waals surface area contributed by atoms with Crippen LogP contribution in [0, 0.1) is 5.82 Å². The second-order valence-electron chi connectivity index (χ2n) is 5.41. The Morgan fingerprint density at radius 1 is 1.25 bits per heavy atom. The molecule has 10 heteroatoms. The van der Waals surface area contributed by atoms with Crippen molar-refractivity contribution < 1.29 is 31.4 Å². The summed E-state index contributed by atoms with van der Waals surface area (Å²) < 4.78 is 79.6. The van der Waals surface area contributed by atoms with Crippen molar-refractivity contribution in [3.05, 3.63) is 40.3 Å². The molecule has 3 nitrogen and oxygen atoms in total. The predicted molar refractivity (Wildman–Crippen MR) is 72.2 cm³/mol. The summed E-state index contributed by atoms with van der Waals surface area (Å²) in [6, 6.07) is 3.02. The van der Waals surface area contributed by atoms with Gasteiger partial charge >= 0.3 is 6.30 Å². The highest BCUT2D eigenvalue weighted by Gasteiger charge is 2.50. The van der Waals surface area contributed by atoms with Crippen molar-refractivity contribution in [2.45, 2.75) is 31.2 Å². The Morgan fingerprint density at radius 3 is 2.50 bits per heavy atom. The third kappa shape index (κ3) is 2.75. The second kappa shape index (κ2) is 5.38. The summed E-state index contributed by atoms with van der Waals surface area (Å²) in [5.74, 6) is -4.53. The first-order valence-corrected chi connectivity index (χ1v) is 7.10. The summed E-state index contributed by atoms with van der Waals surface area (Å²) in [5.41, 5.74) is -1.66. The number of nitrogens with zero attached hydrogens (tertiary/aromatic N) is 2. The first-order valence-electron chi connectivity index (χ1n) is 6.72. The Bertz CT molecular complexity index is 781. The van der Waals surface area contributed by atoms with E-state index in [0.717, 1.165) is 12.1 Å². The largest absolute Gasteiger partial charge is 0.504 e. The van der Waals surface area contributed by atoms with E-state index < -0.39 is 47.4 Å². The number of aromatic nitrogens is 2. The van der Waals surface area contributed by atoms with Gasteiger partial charge in [0, 0.05) is 22.6 Å². The molecule has 0 amide bonds. The molecule has 0 saturated carbocycles. The smallest absolute Gasteiger partial charge is 0.380 e. The van der Waals surface area contributed by atoms with E-state index in [1.165, 1.54) is 6.07 Å². The van der Waals surface area contributed by atoms with Gasteiger partial charge in [0.2, 0.25) is 0 Å². The zero-order chi connectivity index (χ0) is 17.9. The molecule has 1 aromatic carbocycles. The maximum Gasteiger partial charge on any atom is 0.504 e. The fourth-order valence-electron chi connectivity index (χ4n) is 2.73. The van der Waals surface area contributed by atoms with E-state index in [9.17, 15) is 31.4 Å². The normalized spacial score (nSPS) is 20.1. The quantitative estimate of drug-likeness (QED) is 0.754. The molecule has 0 saturated heterocycles. The molecule has 1 unspecified atom stereocenters. The molecule has 3 rings (SSSR count). The molecule has 0 radical (unpaired) electrons. The maximum atomic E-state index is 13.6. The molecule has 1 heterocycles. The molecule has 2 aromatic rings. The Kier molecular flexibility index (Phi) is 3.83. The SMILES string of the molecule is OC1c2c(c(-c3cc(F)cc(Cl)c3)nn2C(F)(F)F)CCC1(F)F. The molecule has 0 spiro atoms. The number of aliphatic hydroxyl groups excluding tert-OH is 1. The molecule has 1 aromatic heterocycles. The van der Waals surface area contributed by atoms with Gasteiger partial charge in [0.1, 0.15) is 5.82 Å². The zero-order valence-corrected chi connectivity index (χ0v) is 12.5. The topological polar surface area (TPSA) is 38.1 Å². The van der Waals surface area contributed by atoms with E-state index in [0.29, 0.717) is 0 Å². The van der Waals surface area contributed by atoms with Crippen molar-refractivity contribution in [1.82, 2.24) is 9.78 Å². The third-order valence-electron chi connectivity index (χ3n) is 3.77. The highest BCUT2D eigenvalue weighted by Crippen LogP contribution is 2.46. The monoisotopic (exact) mass is 370 g/mol. The third-order valence-corrected chi connectivity index (χ3v) is 3.98. The van der Waals surface area contributed by atoms with Crippen LogP contribution >= 0.6 is 11.6 Å². The van der Waals surface area contributed by atoms with Crippen LogP contribution in [0.25, 0.3) is 11.3 Å². The van der Waals surface area contributed by atoms with Gasteiger partial charge in [-0.1, -0.05) is 11.6 Å². The minimum absolute atomic E-state index is 0.0815. The highest BCUT2D eigenvalue weighted by atomic mass is 35.5. The van der Waals surface area contributed by atoms with E-state index in [4.69, 9.17) is 11.6 Å². The number of rotatable bonds is 1. The van der Waals surface area contributed by atoms with Crippen molar-refractivity contribution in [2.75, 3.05) is 0 Å². The van der Waals surface area contributed by atoms with Crippen LogP contribution < -0.4 is 0 Å². The average Bonchev–Trinajstić information content (AvgIpc) is 2.82. The van der Waals surface area contributed by atoms with Gasteiger partial charge in [-0.3, -0.25) is 0 Å². The lowest BCUT2D eigenvalue weighted by Gasteiger charge is -2.29. The predicted octanol–water partition coefficient (Wildman–Crippen LogP) is 4.43. The van der Waals surface area contributed by atoms with E-state index in [-0.39, 0.29) is 21.8 Å². The van der Waals surface area contributed by atoms with Crippen LogP contribution in [0.2, 0.25) is 5.02 Å². The van der Waals surface area contributed by atoms with Crippen LogP contribution in [-0.4, -0.2) is 20.8 Å². The van der Waals surface area contributed by atoms with Crippen molar-refractivity contribution in [3.8, 4) is 11.3 Å². The summed E-state index contributed by atoms with van der Waals surface area (Å²) in [4.78, 5) is 0. The average molecular weight is 371 g/mol. The summed E-state index contributed by atoms with van der Waals surface area (Å²) >= 11 is 5.69. The minimum atomic E-state index is -5.12. The molecule has 1 N–H and O–H groups in total. The first-order chi connectivity index (χ1) is 11.0. The van der Waals surface area contributed by atoms with E-state index in [1.807, 2.05) is 0 Å². The number of benzene rings is 1. The molecule has 0 fully saturated rings. The van der Waals surface area contributed by atoms with Crippen LogP contribution in [0.15, 0.2) is 18.2 Å². The van der Waals surface area contributed by atoms with Crippen molar-refractivity contribution in [1.29, 1.82) is 0 Å². The van der Waals surface area contributed by atoms with Gasteiger partial charge < -0.3 is 5.11 Å². The van der Waals surface area contributed by atoms with Crippen LogP contribution in [0.5, 0.6) is 0 Å². The van der Waals surface area contributed by atoms with E-state index in [2.05, 4.69) is 5.10 Å². The van der Waals surface area contributed by atoms with Gasteiger partial charge in [0.25, 0.3) is 5.92 Å². The number of hydrogen-bond donors (Lipinski definition) is 1. The zero-order valence-electron chi connectivity index (χ0n) is 11.7. The van der Waals surface area contributed by atoms with Crippen LogP contribution in [0.4, 0.5) is 26.3 Å². The van der Waals surface area contributed by atoms with Gasteiger partial charge in [-0.05, 0) is 24.6 Å². The molecule has 24 heavy (non-hydrogen) atoms. The highest BCUT2D eigenvalue weighted by molar-refractivity contribution is 6.30.